The first-order chi connectivity index (χ1) is 10.7. The lowest BCUT2D eigenvalue weighted by atomic mass is 10.1. The molecule has 0 aromatic heterocycles. The van der Waals surface area contributed by atoms with Crippen LogP contribution in [0, 0.1) is 0 Å². The normalized spacial score (nSPS) is 18.7. The highest BCUT2D eigenvalue weighted by Crippen LogP contribution is 2.22. The minimum absolute atomic E-state index is 0.131. The van der Waals surface area contributed by atoms with Crippen molar-refractivity contribution >= 4 is 17.7 Å². The first kappa shape index (κ1) is 17.1. The second kappa shape index (κ2) is 6.48. The van der Waals surface area contributed by atoms with Gasteiger partial charge in [0.05, 0.1) is 5.56 Å². The summed E-state index contributed by atoms with van der Waals surface area (Å²) in [5.41, 5.74) is 0.740. The van der Waals surface area contributed by atoms with Crippen LogP contribution >= 0.6 is 0 Å². The summed E-state index contributed by atoms with van der Waals surface area (Å²) < 4.78 is 5.41. The molecule has 2 rings (SSSR count). The highest BCUT2D eigenvalue weighted by atomic mass is 16.6. The Labute approximate surface area is 136 Å². The van der Waals surface area contributed by atoms with Crippen LogP contribution in [0.2, 0.25) is 0 Å². The SMILES string of the molecule is C[C@@H]1CN(C(=O)OC(C)(C)C)CCN1c1ccc(C(=O)O)cc1. The lowest BCUT2D eigenvalue weighted by Crippen LogP contribution is -2.54. The number of carboxylic acid groups (broad SMARTS) is 1. The van der Waals surface area contributed by atoms with Gasteiger partial charge in [0, 0.05) is 31.4 Å². The molecule has 0 aliphatic carbocycles. The molecule has 23 heavy (non-hydrogen) atoms. The molecule has 1 aromatic carbocycles. The van der Waals surface area contributed by atoms with Crippen molar-refractivity contribution in [2.24, 2.45) is 0 Å². The lowest BCUT2D eigenvalue weighted by molar-refractivity contribution is 0.0218. The second-order valence-corrected chi connectivity index (χ2v) is 6.82. The molecule has 0 saturated carbocycles. The van der Waals surface area contributed by atoms with Crippen molar-refractivity contribution in [3.05, 3.63) is 29.8 Å². The van der Waals surface area contributed by atoms with E-state index in [9.17, 15) is 9.59 Å². The molecule has 6 heteroatoms. The number of rotatable bonds is 2. The third kappa shape index (κ3) is 4.37. The van der Waals surface area contributed by atoms with Crippen LogP contribution in [-0.2, 0) is 4.74 Å². The van der Waals surface area contributed by atoms with Gasteiger partial charge in [-0.1, -0.05) is 0 Å². The van der Waals surface area contributed by atoms with Gasteiger partial charge in [-0.15, -0.1) is 0 Å². The van der Waals surface area contributed by atoms with Gasteiger partial charge in [0.15, 0.2) is 0 Å². The fraction of sp³-hybridized carbons (Fsp3) is 0.529. The molecule has 1 aliphatic rings. The molecule has 0 radical (unpaired) electrons. The molecule has 0 unspecified atom stereocenters. The van der Waals surface area contributed by atoms with Gasteiger partial charge in [-0.2, -0.15) is 0 Å². The zero-order chi connectivity index (χ0) is 17.2. The summed E-state index contributed by atoms with van der Waals surface area (Å²) in [7, 11) is 0. The van der Waals surface area contributed by atoms with E-state index in [0.29, 0.717) is 19.6 Å². The first-order valence-corrected chi connectivity index (χ1v) is 7.75. The predicted octanol–water partition coefficient (Wildman–Crippen LogP) is 2.83. The molecule has 1 amide bonds. The Bertz CT molecular complexity index is 577. The monoisotopic (exact) mass is 320 g/mol. The minimum Gasteiger partial charge on any atom is -0.478 e. The van der Waals surface area contributed by atoms with Crippen molar-refractivity contribution in [2.45, 2.75) is 39.3 Å². The van der Waals surface area contributed by atoms with E-state index in [1.807, 2.05) is 39.8 Å². The van der Waals surface area contributed by atoms with Crippen LogP contribution in [-0.4, -0.2) is 53.3 Å². The number of nitrogens with zero attached hydrogens (tertiary/aromatic N) is 2. The van der Waals surface area contributed by atoms with Crippen molar-refractivity contribution in [1.82, 2.24) is 4.90 Å². The zero-order valence-electron chi connectivity index (χ0n) is 14.1. The summed E-state index contributed by atoms with van der Waals surface area (Å²) in [5, 5.41) is 8.95. The molecule has 0 spiro atoms. The number of anilines is 1. The Hall–Kier alpha value is -2.24. The smallest absolute Gasteiger partial charge is 0.410 e. The quantitative estimate of drug-likeness (QED) is 0.907. The van der Waals surface area contributed by atoms with Crippen LogP contribution in [0.3, 0.4) is 0 Å². The fourth-order valence-electron chi connectivity index (χ4n) is 2.63. The first-order valence-electron chi connectivity index (χ1n) is 7.75. The number of aromatic carboxylic acids is 1. The Morgan fingerprint density at radius 2 is 1.78 bits per heavy atom. The molecule has 1 heterocycles. The largest absolute Gasteiger partial charge is 0.478 e. The molecule has 1 atom stereocenters. The van der Waals surface area contributed by atoms with E-state index in [2.05, 4.69) is 4.90 Å². The van der Waals surface area contributed by atoms with Crippen molar-refractivity contribution in [1.29, 1.82) is 0 Å². The maximum Gasteiger partial charge on any atom is 0.410 e. The van der Waals surface area contributed by atoms with E-state index in [-0.39, 0.29) is 17.7 Å². The molecule has 6 nitrogen and oxygen atoms in total. The number of carboxylic acids is 1. The Morgan fingerprint density at radius 1 is 1.17 bits per heavy atom. The fourth-order valence-corrected chi connectivity index (χ4v) is 2.63. The molecule has 126 valence electrons. The number of hydrogen-bond donors (Lipinski definition) is 1. The zero-order valence-corrected chi connectivity index (χ0v) is 14.1. The summed E-state index contributed by atoms with van der Waals surface area (Å²) in [4.78, 5) is 26.9. The summed E-state index contributed by atoms with van der Waals surface area (Å²) in [6.45, 7) is 9.46. The molecule has 1 aliphatic heterocycles. The second-order valence-electron chi connectivity index (χ2n) is 6.82. The van der Waals surface area contributed by atoms with Crippen molar-refractivity contribution < 1.29 is 19.4 Å². The van der Waals surface area contributed by atoms with E-state index >= 15 is 0 Å². The number of benzene rings is 1. The Balaban J connectivity index is 2.01. The van der Waals surface area contributed by atoms with E-state index in [0.717, 1.165) is 5.69 Å². The summed E-state index contributed by atoms with van der Waals surface area (Å²) in [6.07, 6.45) is -0.287. The van der Waals surface area contributed by atoms with Gasteiger partial charge in [-0.3, -0.25) is 0 Å². The van der Waals surface area contributed by atoms with Gasteiger partial charge in [0.25, 0.3) is 0 Å². The number of ether oxygens (including phenoxy) is 1. The van der Waals surface area contributed by atoms with Gasteiger partial charge < -0.3 is 19.6 Å². The van der Waals surface area contributed by atoms with Gasteiger partial charge in [-0.25, -0.2) is 9.59 Å². The molecule has 1 saturated heterocycles. The Kier molecular flexibility index (Phi) is 4.82. The minimum atomic E-state index is -0.931. The highest BCUT2D eigenvalue weighted by Gasteiger charge is 2.29. The van der Waals surface area contributed by atoms with Crippen LogP contribution in [0.4, 0.5) is 10.5 Å². The van der Waals surface area contributed by atoms with Crippen LogP contribution in [0.25, 0.3) is 0 Å². The van der Waals surface area contributed by atoms with Gasteiger partial charge in [0.1, 0.15) is 5.60 Å². The number of carbonyl (C=O) groups is 2. The molecule has 1 N–H and O–H groups in total. The number of amides is 1. The van der Waals surface area contributed by atoms with Crippen LogP contribution < -0.4 is 4.90 Å². The molecule has 1 fully saturated rings. The molecular weight excluding hydrogens is 296 g/mol. The average Bonchev–Trinajstić information content (AvgIpc) is 2.45. The van der Waals surface area contributed by atoms with Crippen molar-refractivity contribution in [3.8, 4) is 0 Å². The average molecular weight is 320 g/mol. The third-order valence-electron chi connectivity index (χ3n) is 3.73. The standard InChI is InChI=1S/C17H24N2O4/c1-12-11-18(16(22)23-17(2,3)4)9-10-19(12)14-7-5-13(6-8-14)15(20)21/h5-8,12H,9-11H2,1-4H3,(H,20,21)/t12-/m1/s1. The third-order valence-corrected chi connectivity index (χ3v) is 3.73. The summed E-state index contributed by atoms with van der Waals surface area (Å²) in [6, 6.07) is 6.95. The van der Waals surface area contributed by atoms with E-state index in [4.69, 9.17) is 9.84 Å². The van der Waals surface area contributed by atoms with Crippen LogP contribution in [0.15, 0.2) is 24.3 Å². The van der Waals surface area contributed by atoms with Gasteiger partial charge in [0.2, 0.25) is 0 Å². The molecule has 1 aromatic rings. The van der Waals surface area contributed by atoms with E-state index in [1.165, 1.54) is 0 Å². The Morgan fingerprint density at radius 3 is 2.26 bits per heavy atom. The van der Waals surface area contributed by atoms with E-state index < -0.39 is 11.6 Å². The number of carbonyl (C=O) groups excluding carboxylic acids is 1. The van der Waals surface area contributed by atoms with Crippen molar-refractivity contribution in [3.63, 3.8) is 0 Å². The van der Waals surface area contributed by atoms with Crippen LogP contribution in [0.1, 0.15) is 38.1 Å². The lowest BCUT2D eigenvalue weighted by Gasteiger charge is -2.41. The molecule has 0 bridgehead atoms. The maximum atomic E-state index is 12.1. The van der Waals surface area contributed by atoms with E-state index in [1.54, 1.807) is 17.0 Å². The van der Waals surface area contributed by atoms with Gasteiger partial charge >= 0.3 is 12.1 Å². The maximum absolute atomic E-state index is 12.1. The summed E-state index contributed by atoms with van der Waals surface area (Å²) in [5.74, 6) is -0.931. The van der Waals surface area contributed by atoms with Crippen LogP contribution in [0.5, 0.6) is 0 Å². The highest BCUT2D eigenvalue weighted by molar-refractivity contribution is 5.88. The predicted molar refractivity (Wildman–Crippen MR) is 88.0 cm³/mol. The summed E-state index contributed by atoms with van der Waals surface area (Å²) >= 11 is 0. The van der Waals surface area contributed by atoms with Gasteiger partial charge in [-0.05, 0) is 52.0 Å². The number of piperazine rings is 1. The topological polar surface area (TPSA) is 70.1 Å². The van der Waals surface area contributed by atoms with Crippen molar-refractivity contribution in [2.75, 3.05) is 24.5 Å². The number of hydrogen-bond acceptors (Lipinski definition) is 4. The molecular formula is C17H24N2O4.